The molecule has 1 heterocycles. The van der Waals surface area contributed by atoms with Gasteiger partial charge >= 0.3 is 0 Å². The van der Waals surface area contributed by atoms with Gasteiger partial charge in [0.25, 0.3) is 0 Å². The number of hydrogen-bond donors (Lipinski definition) is 2. The molecule has 1 aromatic heterocycles. The van der Waals surface area contributed by atoms with E-state index in [1.165, 1.54) is 63.7 Å². The van der Waals surface area contributed by atoms with Crippen molar-refractivity contribution in [1.82, 2.24) is 15.3 Å². The Balaban J connectivity index is 0.000001000. The molecule has 0 aliphatic heterocycles. The number of nitrogens with zero attached hydrogens (tertiary/aromatic N) is 1. The molecule has 2 saturated carbocycles. The van der Waals surface area contributed by atoms with Crippen LogP contribution in [0.4, 0.5) is 0 Å². The molecule has 116 valence electrons. The van der Waals surface area contributed by atoms with E-state index in [-0.39, 0.29) is 24.8 Å². The summed E-state index contributed by atoms with van der Waals surface area (Å²) in [4.78, 5) is 7.34. The maximum Gasteiger partial charge on any atom is 0.0921 e. The first kappa shape index (κ1) is 17.8. The maximum absolute atomic E-state index is 4.10. The molecule has 3 nitrogen and oxygen atoms in total. The zero-order valence-electron chi connectivity index (χ0n) is 12.0. The standard InChI is InChI=1S/C15H25N3.2ClH/c1-2-4-12(5-3-1)9-16-7-6-13-8-14(13)15-10-17-11-18-15;;/h10-14,16H,1-9H2,(H,17,18);2*1H/t13-,14-;;/m1../s1. The Labute approximate surface area is 134 Å². The predicted molar refractivity (Wildman–Crippen MR) is 88.0 cm³/mol. The lowest BCUT2D eigenvalue weighted by Crippen LogP contribution is -2.25. The molecule has 0 unspecified atom stereocenters. The minimum absolute atomic E-state index is 0. The molecular weight excluding hydrogens is 293 g/mol. The lowest BCUT2D eigenvalue weighted by atomic mass is 9.89. The highest BCUT2D eigenvalue weighted by Gasteiger charge is 2.38. The minimum Gasteiger partial charge on any atom is -0.348 e. The highest BCUT2D eigenvalue weighted by Crippen LogP contribution is 2.48. The van der Waals surface area contributed by atoms with Crippen molar-refractivity contribution >= 4 is 24.8 Å². The van der Waals surface area contributed by atoms with E-state index in [9.17, 15) is 0 Å². The maximum atomic E-state index is 4.10. The van der Waals surface area contributed by atoms with E-state index < -0.39 is 0 Å². The first-order chi connectivity index (χ1) is 8.93. The zero-order chi connectivity index (χ0) is 12.2. The molecule has 20 heavy (non-hydrogen) atoms. The molecule has 0 spiro atoms. The van der Waals surface area contributed by atoms with Crippen LogP contribution in [0.25, 0.3) is 0 Å². The van der Waals surface area contributed by atoms with Crippen LogP contribution in [-0.2, 0) is 0 Å². The van der Waals surface area contributed by atoms with E-state index in [1.54, 1.807) is 6.33 Å². The molecule has 2 fully saturated rings. The van der Waals surface area contributed by atoms with Crippen LogP contribution in [0.3, 0.4) is 0 Å². The number of aromatic amines is 1. The van der Waals surface area contributed by atoms with Crippen LogP contribution in [0.1, 0.15) is 56.6 Å². The average Bonchev–Trinajstić information content (AvgIpc) is 2.98. The molecule has 0 aromatic carbocycles. The van der Waals surface area contributed by atoms with Crippen molar-refractivity contribution in [2.75, 3.05) is 13.1 Å². The Kier molecular flexibility index (Phi) is 7.93. The fourth-order valence-corrected chi connectivity index (χ4v) is 3.40. The smallest absolute Gasteiger partial charge is 0.0921 e. The summed E-state index contributed by atoms with van der Waals surface area (Å²) in [6.45, 7) is 2.45. The van der Waals surface area contributed by atoms with Crippen LogP contribution >= 0.6 is 24.8 Å². The quantitative estimate of drug-likeness (QED) is 0.780. The van der Waals surface area contributed by atoms with E-state index in [0.717, 1.165) is 17.8 Å². The third-order valence-corrected chi connectivity index (χ3v) is 4.69. The fourth-order valence-electron chi connectivity index (χ4n) is 3.40. The van der Waals surface area contributed by atoms with Crippen molar-refractivity contribution in [3.63, 3.8) is 0 Å². The summed E-state index contributed by atoms with van der Waals surface area (Å²) >= 11 is 0. The number of halogens is 2. The van der Waals surface area contributed by atoms with Crippen LogP contribution in [0.15, 0.2) is 12.5 Å². The van der Waals surface area contributed by atoms with Crippen LogP contribution in [0.5, 0.6) is 0 Å². The van der Waals surface area contributed by atoms with E-state index >= 15 is 0 Å². The summed E-state index contributed by atoms with van der Waals surface area (Å²) in [6, 6.07) is 0. The van der Waals surface area contributed by atoms with Crippen molar-refractivity contribution in [2.45, 2.75) is 50.9 Å². The Morgan fingerprint density at radius 1 is 1.20 bits per heavy atom. The fraction of sp³-hybridized carbons (Fsp3) is 0.800. The van der Waals surface area contributed by atoms with Gasteiger partial charge in [0, 0.05) is 17.8 Å². The average molecular weight is 320 g/mol. The van der Waals surface area contributed by atoms with Crippen LogP contribution in [0.2, 0.25) is 0 Å². The van der Waals surface area contributed by atoms with Gasteiger partial charge < -0.3 is 10.3 Å². The van der Waals surface area contributed by atoms with E-state index in [1.807, 2.05) is 6.20 Å². The van der Waals surface area contributed by atoms with Gasteiger partial charge in [0.15, 0.2) is 0 Å². The van der Waals surface area contributed by atoms with Crippen molar-refractivity contribution in [2.24, 2.45) is 11.8 Å². The summed E-state index contributed by atoms with van der Waals surface area (Å²) in [7, 11) is 0. The molecule has 0 radical (unpaired) electrons. The lowest BCUT2D eigenvalue weighted by Gasteiger charge is -2.21. The lowest BCUT2D eigenvalue weighted by molar-refractivity contribution is 0.341. The van der Waals surface area contributed by atoms with Crippen molar-refractivity contribution in [3.05, 3.63) is 18.2 Å². The Bertz CT molecular complexity index is 350. The first-order valence-electron chi connectivity index (χ1n) is 7.62. The molecule has 0 bridgehead atoms. The van der Waals surface area contributed by atoms with E-state index in [2.05, 4.69) is 15.3 Å². The number of hydrogen-bond acceptors (Lipinski definition) is 2. The van der Waals surface area contributed by atoms with Crippen LogP contribution < -0.4 is 5.32 Å². The van der Waals surface area contributed by atoms with Crippen LogP contribution in [-0.4, -0.2) is 23.1 Å². The SMILES string of the molecule is Cl.Cl.c1ncc([C@@H]2C[C@H]2CCNCC2CCCCC2)[nH]1. The van der Waals surface area contributed by atoms with Gasteiger partial charge in [-0.2, -0.15) is 0 Å². The monoisotopic (exact) mass is 319 g/mol. The molecular formula is C15H27Cl2N3. The van der Waals surface area contributed by atoms with Crippen molar-refractivity contribution < 1.29 is 0 Å². The molecule has 0 amide bonds. The second-order valence-corrected chi connectivity index (χ2v) is 6.11. The molecule has 0 saturated heterocycles. The van der Waals surface area contributed by atoms with Gasteiger partial charge in [-0.05, 0) is 50.6 Å². The van der Waals surface area contributed by atoms with Gasteiger partial charge in [-0.1, -0.05) is 19.3 Å². The third-order valence-electron chi connectivity index (χ3n) is 4.69. The number of nitrogens with one attached hydrogen (secondary N) is 2. The first-order valence-corrected chi connectivity index (χ1v) is 7.62. The molecule has 5 heteroatoms. The zero-order valence-corrected chi connectivity index (χ0v) is 13.6. The second-order valence-electron chi connectivity index (χ2n) is 6.11. The molecule has 2 aliphatic carbocycles. The largest absolute Gasteiger partial charge is 0.348 e. The number of H-pyrrole nitrogens is 1. The Hall–Kier alpha value is -0.250. The van der Waals surface area contributed by atoms with Crippen molar-refractivity contribution in [1.29, 1.82) is 0 Å². The number of aromatic nitrogens is 2. The molecule has 2 N–H and O–H groups in total. The van der Waals surface area contributed by atoms with Gasteiger partial charge in [-0.25, -0.2) is 4.98 Å². The van der Waals surface area contributed by atoms with Crippen molar-refractivity contribution in [3.8, 4) is 0 Å². The number of rotatable bonds is 6. The van der Waals surface area contributed by atoms with Gasteiger partial charge in [0.1, 0.15) is 0 Å². The topological polar surface area (TPSA) is 40.7 Å². The normalized spacial score (nSPS) is 25.6. The van der Waals surface area contributed by atoms with Gasteiger partial charge in [0.2, 0.25) is 0 Å². The van der Waals surface area contributed by atoms with Gasteiger partial charge in [-0.3, -0.25) is 0 Å². The van der Waals surface area contributed by atoms with E-state index in [0.29, 0.717) is 0 Å². The molecule has 3 rings (SSSR count). The van der Waals surface area contributed by atoms with Crippen LogP contribution in [0, 0.1) is 11.8 Å². The molecule has 2 aliphatic rings. The Morgan fingerprint density at radius 2 is 2.00 bits per heavy atom. The second kappa shape index (κ2) is 8.91. The number of imidazole rings is 1. The van der Waals surface area contributed by atoms with E-state index in [4.69, 9.17) is 0 Å². The minimum atomic E-state index is 0. The summed E-state index contributed by atoms with van der Waals surface area (Å²) in [6.07, 6.45) is 13.7. The van der Waals surface area contributed by atoms with Gasteiger partial charge in [-0.15, -0.1) is 24.8 Å². The summed E-state index contributed by atoms with van der Waals surface area (Å²) in [5.41, 5.74) is 1.34. The molecule has 2 atom stereocenters. The summed E-state index contributed by atoms with van der Waals surface area (Å²) in [5, 5.41) is 3.67. The third kappa shape index (κ3) is 4.94. The highest BCUT2D eigenvalue weighted by molar-refractivity contribution is 5.85. The summed E-state index contributed by atoms with van der Waals surface area (Å²) < 4.78 is 0. The molecule has 1 aromatic rings. The Morgan fingerprint density at radius 3 is 2.70 bits per heavy atom. The summed E-state index contributed by atoms with van der Waals surface area (Å²) in [5.74, 6) is 2.62. The predicted octanol–water partition coefficient (Wildman–Crippen LogP) is 3.92. The highest BCUT2D eigenvalue weighted by atomic mass is 35.5. The van der Waals surface area contributed by atoms with Gasteiger partial charge in [0.05, 0.1) is 6.33 Å².